The van der Waals surface area contributed by atoms with Gasteiger partial charge < -0.3 is 5.73 Å². The highest BCUT2D eigenvalue weighted by Crippen LogP contribution is 2.17. The van der Waals surface area contributed by atoms with Gasteiger partial charge in [0.05, 0.1) is 0 Å². The van der Waals surface area contributed by atoms with E-state index in [0.717, 1.165) is 15.6 Å². The van der Waals surface area contributed by atoms with E-state index in [2.05, 4.69) is 15.9 Å². The van der Waals surface area contributed by atoms with Gasteiger partial charge in [-0.3, -0.25) is 0 Å². The summed E-state index contributed by atoms with van der Waals surface area (Å²) in [7, 11) is 0. The van der Waals surface area contributed by atoms with E-state index in [9.17, 15) is 5.11 Å². The fourth-order valence-electron chi connectivity index (χ4n) is 0.846. The molecule has 0 bridgehead atoms. The first-order chi connectivity index (χ1) is 5.27. The van der Waals surface area contributed by atoms with Crippen molar-refractivity contribution in [3.8, 4) is 0 Å². The van der Waals surface area contributed by atoms with Crippen LogP contribution in [-0.2, 0) is 18.3 Å². The molecule has 3 heteroatoms. The van der Waals surface area contributed by atoms with E-state index in [0.29, 0.717) is 6.54 Å². The van der Waals surface area contributed by atoms with Gasteiger partial charge in [-0.05, 0) is 17.2 Å². The summed E-state index contributed by atoms with van der Waals surface area (Å²) >= 11 is 3.33. The Morgan fingerprint density at radius 1 is 1.45 bits per heavy atom. The van der Waals surface area contributed by atoms with Crippen LogP contribution in [0.4, 0.5) is 0 Å². The molecule has 1 aromatic rings. The van der Waals surface area contributed by atoms with Crippen molar-refractivity contribution in [3.63, 3.8) is 0 Å². The quantitative estimate of drug-likeness (QED) is 0.803. The Morgan fingerprint density at radius 2 is 2.18 bits per heavy atom. The first-order valence-corrected chi connectivity index (χ1v) is 4.12. The molecule has 0 aliphatic carbocycles. The maximum absolute atomic E-state index is 10.4. The Kier molecular flexibility index (Phi) is 3.05. The van der Waals surface area contributed by atoms with Gasteiger partial charge in [-0.25, -0.2) is 5.11 Å². The largest absolute Gasteiger partial charge is 0.326 e. The summed E-state index contributed by atoms with van der Waals surface area (Å²) in [6.45, 7) is 0.323. The van der Waals surface area contributed by atoms with Crippen LogP contribution >= 0.6 is 15.9 Å². The van der Waals surface area contributed by atoms with Crippen LogP contribution in [0, 0.1) is 0 Å². The second kappa shape index (κ2) is 3.85. The van der Waals surface area contributed by atoms with E-state index in [1.807, 2.05) is 12.1 Å². The van der Waals surface area contributed by atoms with Crippen LogP contribution in [0.2, 0.25) is 0 Å². The van der Waals surface area contributed by atoms with E-state index < -0.39 is 0 Å². The molecule has 0 spiro atoms. The molecule has 2 N–H and O–H groups in total. The number of benzene rings is 1. The van der Waals surface area contributed by atoms with E-state index in [-0.39, 0.29) is 6.61 Å². The summed E-state index contributed by atoms with van der Waals surface area (Å²) < 4.78 is 0.924. The van der Waals surface area contributed by atoms with Gasteiger partial charge in [-0.1, -0.05) is 28.1 Å². The fraction of sp³-hybridized carbons (Fsp3) is 0.250. The minimum atomic E-state index is -0.177. The average molecular weight is 215 g/mol. The van der Waals surface area contributed by atoms with Gasteiger partial charge in [0.1, 0.15) is 6.61 Å². The molecule has 0 unspecified atom stereocenters. The van der Waals surface area contributed by atoms with Crippen molar-refractivity contribution in [2.24, 2.45) is 5.73 Å². The highest BCUT2D eigenvalue weighted by molar-refractivity contribution is 9.10. The van der Waals surface area contributed by atoms with Gasteiger partial charge in [-0.2, -0.15) is 0 Å². The van der Waals surface area contributed by atoms with Crippen molar-refractivity contribution < 1.29 is 5.11 Å². The Hall–Kier alpha value is -0.380. The highest BCUT2D eigenvalue weighted by atomic mass is 79.9. The number of nitrogens with two attached hydrogens (primary N) is 1. The van der Waals surface area contributed by atoms with Crippen LogP contribution in [-0.4, -0.2) is 0 Å². The van der Waals surface area contributed by atoms with E-state index in [4.69, 9.17) is 5.73 Å². The van der Waals surface area contributed by atoms with E-state index >= 15 is 0 Å². The lowest BCUT2D eigenvalue weighted by Crippen LogP contribution is -1.97. The summed E-state index contributed by atoms with van der Waals surface area (Å²) in [5.41, 5.74) is 7.25. The van der Waals surface area contributed by atoms with Gasteiger partial charge in [0.25, 0.3) is 0 Å². The molecule has 11 heavy (non-hydrogen) atoms. The summed E-state index contributed by atoms with van der Waals surface area (Å²) in [4.78, 5) is 0. The molecule has 0 atom stereocenters. The molecular formula is C8H9BrNO. The Morgan fingerprint density at radius 3 is 2.64 bits per heavy atom. The molecule has 0 aliphatic heterocycles. The Bertz CT molecular complexity index is 250. The normalized spacial score (nSPS) is 10.1. The molecule has 0 heterocycles. The lowest BCUT2D eigenvalue weighted by Gasteiger charge is -2.01. The SMILES string of the molecule is NCc1ccc(C[O])cc1Br. The summed E-state index contributed by atoms with van der Waals surface area (Å²) in [6, 6.07) is 5.49. The molecule has 0 aromatic heterocycles. The van der Waals surface area contributed by atoms with E-state index in [1.54, 1.807) is 6.07 Å². The number of rotatable bonds is 2. The zero-order valence-electron chi connectivity index (χ0n) is 6.01. The Balaban J connectivity index is 2.99. The molecular weight excluding hydrogens is 206 g/mol. The van der Waals surface area contributed by atoms with Crippen molar-refractivity contribution in [3.05, 3.63) is 33.8 Å². The maximum Gasteiger partial charge on any atom is 0.107 e. The fourth-order valence-corrected chi connectivity index (χ4v) is 1.43. The van der Waals surface area contributed by atoms with Gasteiger partial charge in [0.2, 0.25) is 0 Å². The van der Waals surface area contributed by atoms with Crippen molar-refractivity contribution >= 4 is 15.9 Å². The van der Waals surface area contributed by atoms with Gasteiger partial charge >= 0.3 is 0 Å². The molecule has 1 radical (unpaired) electrons. The first kappa shape index (κ1) is 8.71. The molecule has 1 aromatic carbocycles. The van der Waals surface area contributed by atoms with Crippen molar-refractivity contribution in [1.82, 2.24) is 0 Å². The number of hydrogen-bond acceptors (Lipinski definition) is 1. The van der Waals surface area contributed by atoms with Crippen molar-refractivity contribution in [2.45, 2.75) is 13.2 Å². The standard InChI is InChI=1S/C8H9BrNO/c9-8-3-6(5-11)1-2-7(8)4-10/h1-3H,4-5,10H2. The third kappa shape index (κ3) is 2.02. The van der Waals surface area contributed by atoms with Crippen LogP contribution < -0.4 is 5.73 Å². The summed E-state index contributed by atoms with van der Waals surface area (Å²) in [6.07, 6.45) is 0. The van der Waals surface area contributed by atoms with Crippen LogP contribution in [0.15, 0.2) is 22.7 Å². The van der Waals surface area contributed by atoms with Gasteiger partial charge in [-0.15, -0.1) is 0 Å². The van der Waals surface area contributed by atoms with Gasteiger partial charge in [0.15, 0.2) is 0 Å². The second-order valence-corrected chi connectivity index (χ2v) is 3.13. The minimum Gasteiger partial charge on any atom is -0.326 e. The Labute approximate surface area is 74.2 Å². The lowest BCUT2D eigenvalue weighted by molar-refractivity contribution is 0.177. The molecule has 0 aliphatic rings. The molecule has 0 saturated heterocycles. The smallest absolute Gasteiger partial charge is 0.107 e. The molecule has 0 fully saturated rings. The number of halogens is 1. The third-order valence-corrected chi connectivity index (χ3v) is 2.24. The third-order valence-electron chi connectivity index (χ3n) is 1.50. The molecule has 0 saturated carbocycles. The van der Waals surface area contributed by atoms with Crippen molar-refractivity contribution in [2.75, 3.05) is 0 Å². The monoisotopic (exact) mass is 214 g/mol. The molecule has 0 amide bonds. The van der Waals surface area contributed by atoms with Crippen LogP contribution in [0.25, 0.3) is 0 Å². The maximum atomic E-state index is 10.4. The number of hydrogen-bond donors (Lipinski definition) is 1. The zero-order chi connectivity index (χ0) is 8.27. The van der Waals surface area contributed by atoms with Crippen LogP contribution in [0.1, 0.15) is 11.1 Å². The molecule has 2 nitrogen and oxygen atoms in total. The van der Waals surface area contributed by atoms with E-state index in [1.165, 1.54) is 0 Å². The zero-order valence-corrected chi connectivity index (χ0v) is 7.60. The minimum absolute atomic E-state index is 0.177. The molecule has 59 valence electrons. The topological polar surface area (TPSA) is 45.9 Å². The first-order valence-electron chi connectivity index (χ1n) is 3.33. The average Bonchev–Trinajstić information content (AvgIpc) is 2.04. The summed E-state index contributed by atoms with van der Waals surface area (Å²) in [5, 5.41) is 10.4. The lowest BCUT2D eigenvalue weighted by atomic mass is 10.1. The van der Waals surface area contributed by atoms with Gasteiger partial charge in [0, 0.05) is 11.0 Å². The predicted octanol–water partition coefficient (Wildman–Crippen LogP) is 1.84. The molecule has 1 rings (SSSR count). The highest BCUT2D eigenvalue weighted by Gasteiger charge is 1.98. The second-order valence-electron chi connectivity index (χ2n) is 2.27. The predicted molar refractivity (Wildman–Crippen MR) is 46.4 cm³/mol. The van der Waals surface area contributed by atoms with Crippen LogP contribution in [0.3, 0.4) is 0 Å². The van der Waals surface area contributed by atoms with Crippen LogP contribution in [0.5, 0.6) is 0 Å². The summed E-state index contributed by atoms with van der Waals surface area (Å²) in [5.74, 6) is 0. The van der Waals surface area contributed by atoms with Crippen molar-refractivity contribution in [1.29, 1.82) is 0 Å².